The maximum atomic E-state index is 13.1. The molecule has 2 saturated heterocycles. The lowest BCUT2D eigenvalue weighted by Crippen LogP contribution is -2.46. The van der Waals surface area contributed by atoms with Crippen LogP contribution in [0.25, 0.3) is 11.3 Å². The van der Waals surface area contributed by atoms with Gasteiger partial charge in [0.25, 0.3) is 5.91 Å². The van der Waals surface area contributed by atoms with E-state index >= 15 is 0 Å². The molecule has 2 aliphatic heterocycles. The van der Waals surface area contributed by atoms with Gasteiger partial charge in [0.2, 0.25) is 0 Å². The van der Waals surface area contributed by atoms with Gasteiger partial charge in [0, 0.05) is 56.2 Å². The molecule has 6 heteroatoms. The van der Waals surface area contributed by atoms with Crippen molar-refractivity contribution in [3.63, 3.8) is 0 Å². The van der Waals surface area contributed by atoms with Crippen LogP contribution in [0.1, 0.15) is 23.2 Å². The number of benzene rings is 1. The Hall–Kier alpha value is -2.31. The van der Waals surface area contributed by atoms with Gasteiger partial charge >= 0.3 is 0 Å². The van der Waals surface area contributed by atoms with E-state index in [2.05, 4.69) is 14.9 Å². The molecule has 0 saturated carbocycles. The zero-order chi connectivity index (χ0) is 18.5. The standard InChI is InChI=1S/C21H26N4O2/c26-21(19-5-1-4-18(13-19)20-14-22-6-7-23-20)25-8-2-3-17(16-25)15-24-9-11-27-12-10-24/h1,4-7,13-14,17H,2-3,8-12,15-16H2/t17-/m0/s1. The molecular formula is C21H26N4O2. The number of piperidine rings is 1. The Morgan fingerprint density at radius 2 is 2.07 bits per heavy atom. The number of carbonyl (C=O) groups is 1. The molecule has 0 spiro atoms. The second-order valence-corrected chi connectivity index (χ2v) is 7.34. The molecule has 0 bridgehead atoms. The lowest BCUT2D eigenvalue weighted by Gasteiger charge is -2.36. The van der Waals surface area contributed by atoms with Crippen LogP contribution < -0.4 is 0 Å². The molecule has 2 fully saturated rings. The molecule has 1 atom stereocenters. The summed E-state index contributed by atoms with van der Waals surface area (Å²) in [4.78, 5) is 26.0. The van der Waals surface area contributed by atoms with E-state index in [1.54, 1.807) is 18.6 Å². The number of amides is 1. The topological polar surface area (TPSA) is 58.6 Å². The highest BCUT2D eigenvalue weighted by Crippen LogP contribution is 2.22. The first kappa shape index (κ1) is 18.1. The van der Waals surface area contributed by atoms with Gasteiger partial charge in [-0.15, -0.1) is 0 Å². The fraction of sp³-hybridized carbons (Fsp3) is 0.476. The van der Waals surface area contributed by atoms with Crippen molar-refractivity contribution < 1.29 is 9.53 Å². The Kier molecular flexibility index (Phi) is 5.75. The average Bonchev–Trinajstić information content (AvgIpc) is 2.75. The third-order valence-corrected chi connectivity index (χ3v) is 5.39. The summed E-state index contributed by atoms with van der Waals surface area (Å²) in [7, 11) is 0. The van der Waals surface area contributed by atoms with Gasteiger partial charge in [0.15, 0.2) is 0 Å². The van der Waals surface area contributed by atoms with Crippen molar-refractivity contribution in [2.45, 2.75) is 12.8 Å². The summed E-state index contributed by atoms with van der Waals surface area (Å²) in [5, 5.41) is 0. The van der Waals surface area contributed by atoms with Crippen LogP contribution in [0.15, 0.2) is 42.9 Å². The summed E-state index contributed by atoms with van der Waals surface area (Å²) >= 11 is 0. The SMILES string of the molecule is O=C(c1cccc(-c2cnccn2)c1)N1CCC[C@@H](CN2CCOCC2)C1. The van der Waals surface area contributed by atoms with E-state index < -0.39 is 0 Å². The lowest BCUT2D eigenvalue weighted by atomic mass is 9.96. The fourth-order valence-electron chi connectivity index (χ4n) is 3.99. The largest absolute Gasteiger partial charge is 0.379 e. The third kappa shape index (κ3) is 4.51. The van der Waals surface area contributed by atoms with E-state index in [0.29, 0.717) is 5.92 Å². The third-order valence-electron chi connectivity index (χ3n) is 5.39. The molecule has 142 valence electrons. The molecule has 4 rings (SSSR count). The van der Waals surface area contributed by atoms with Gasteiger partial charge in [-0.05, 0) is 30.9 Å². The zero-order valence-electron chi connectivity index (χ0n) is 15.6. The molecule has 1 aromatic heterocycles. The van der Waals surface area contributed by atoms with Gasteiger partial charge in [0.1, 0.15) is 0 Å². The fourth-order valence-corrected chi connectivity index (χ4v) is 3.99. The Balaban J connectivity index is 1.43. The Labute approximate surface area is 160 Å². The Morgan fingerprint density at radius 3 is 2.89 bits per heavy atom. The van der Waals surface area contributed by atoms with Crippen LogP contribution in [-0.2, 0) is 4.74 Å². The summed E-state index contributed by atoms with van der Waals surface area (Å²) in [5.74, 6) is 0.663. The molecule has 6 nitrogen and oxygen atoms in total. The maximum absolute atomic E-state index is 13.1. The summed E-state index contributed by atoms with van der Waals surface area (Å²) in [6, 6.07) is 7.72. The van der Waals surface area contributed by atoms with Crippen molar-refractivity contribution >= 4 is 5.91 Å². The first-order valence-electron chi connectivity index (χ1n) is 9.75. The second kappa shape index (κ2) is 8.59. The van der Waals surface area contributed by atoms with Crippen molar-refractivity contribution in [3.8, 4) is 11.3 Å². The Morgan fingerprint density at radius 1 is 1.19 bits per heavy atom. The van der Waals surface area contributed by atoms with Crippen LogP contribution in [0.2, 0.25) is 0 Å². The minimum Gasteiger partial charge on any atom is -0.379 e. The van der Waals surface area contributed by atoms with Crippen LogP contribution in [0, 0.1) is 5.92 Å². The van der Waals surface area contributed by atoms with Gasteiger partial charge in [-0.3, -0.25) is 19.7 Å². The van der Waals surface area contributed by atoms with Crippen molar-refractivity contribution in [1.29, 1.82) is 0 Å². The average molecular weight is 366 g/mol. The normalized spacial score (nSPS) is 21.2. The summed E-state index contributed by atoms with van der Waals surface area (Å²) in [5.41, 5.74) is 2.44. The summed E-state index contributed by atoms with van der Waals surface area (Å²) in [6.45, 7) is 6.40. The van der Waals surface area contributed by atoms with E-state index in [-0.39, 0.29) is 5.91 Å². The van der Waals surface area contributed by atoms with Crippen molar-refractivity contribution in [2.24, 2.45) is 5.92 Å². The number of nitrogens with zero attached hydrogens (tertiary/aromatic N) is 4. The maximum Gasteiger partial charge on any atom is 0.253 e. The number of morpholine rings is 1. The molecular weight excluding hydrogens is 340 g/mol. The predicted octanol–water partition coefficient (Wildman–Crippen LogP) is 2.33. The lowest BCUT2D eigenvalue weighted by molar-refractivity contribution is 0.0224. The minimum absolute atomic E-state index is 0.118. The Bertz CT molecular complexity index is 762. The monoisotopic (exact) mass is 366 g/mol. The van der Waals surface area contributed by atoms with E-state index in [1.165, 1.54) is 6.42 Å². The molecule has 2 aromatic rings. The van der Waals surface area contributed by atoms with Crippen molar-refractivity contribution in [3.05, 3.63) is 48.4 Å². The van der Waals surface area contributed by atoms with E-state index in [1.807, 2.05) is 29.2 Å². The number of hydrogen-bond acceptors (Lipinski definition) is 5. The number of carbonyl (C=O) groups excluding carboxylic acids is 1. The van der Waals surface area contributed by atoms with Crippen molar-refractivity contribution in [2.75, 3.05) is 45.9 Å². The van der Waals surface area contributed by atoms with Gasteiger partial charge in [-0.1, -0.05) is 12.1 Å². The van der Waals surface area contributed by atoms with Gasteiger partial charge in [0.05, 0.1) is 25.1 Å². The summed E-state index contributed by atoms with van der Waals surface area (Å²) < 4.78 is 5.44. The minimum atomic E-state index is 0.118. The molecule has 0 N–H and O–H groups in total. The zero-order valence-corrected chi connectivity index (χ0v) is 15.6. The van der Waals surface area contributed by atoms with Gasteiger partial charge in [-0.2, -0.15) is 0 Å². The number of likely N-dealkylation sites (tertiary alicyclic amines) is 1. The van der Waals surface area contributed by atoms with Crippen LogP contribution >= 0.6 is 0 Å². The van der Waals surface area contributed by atoms with Gasteiger partial charge in [-0.25, -0.2) is 0 Å². The number of hydrogen-bond donors (Lipinski definition) is 0. The molecule has 1 amide bonds. The molecule has 3 heterocycles. The van der Waals surface area contributed by atoms with E-state index in [4.69, 9.17) is 4.74 Å². The van der Waals surface area contributed by atoms with Crippen LogP contribution in [-0.4, -0.2) is 71.6 Å². The van der Waals surface area contributed by atoms with E-state index in [9.17, 15) is 4.79 Å². The molecule has 0 radical (unpaired) electrons. The van der Waals surface area contributed by atoms with Gasteiger partial charge < -0.3 is 9.64 Å². The number of aromatic nitrogens is 2. The first-order valence-corrected chi connectivity index (χ1v) is 9.75. The molecule has 0 aliphatic carbocycles. The van der Waals surface area contributed by atoms with Crippen LogP contribution in [0.3, 0.4) is 0 Å². The molecule has 1 aromatic carbocycles. The van der Waals surface area contributed by atoms with Crippen molar-refractivity contribution in [1.82, 2.24) is 19.8 Å². The molecule has 0 unspecified atom stereocenters. The van der Waals surface area contributed by atoms with Crippen LogP contribution in [0.4, 0.5) is 0 Å². The first-order chi connectivity index (χ1) is 13.3. The summed E-state index contributed by atoms with van der Waals surface area (Å²) in [6.07, 6.45) is 7.32. The number of ether oxygens (including phenoxy) is 1. The van der Waals surface area contributed by atoms with E-state index in [0.717, 1.165) is 69.2 Å². The van der Waals surface area contributed by atoms with Crippen LogP contribution in [0.5, 0.6) is 0 Å². The highest BCUT2D eigenvalue weighted by molar-refractivity contribution is 5.95. The highest BCUT2D eigenvalue weighted by Gasteiger charge is 2.26. The predicted molar refractivity (Wildman–Crippen MR) is 103 cm³/mol. The smallest absolute Gasteiger partial charge is 0.253 e. The molecule has 27 heavy (non-hydrogen) atoms. The second-order valence-electron chi connectivity index (χ2n) is 7.34. The molecule has 2 aliphatic rings. The number of rotatable bonds is 4. The highest BCUT2D eigenvalue weighted by atomic mass is 16.5. The quantitative estimate of drug-likeness (QED) is 0.831.